The summed E-state index contributed by atoms with van der Waals surface area (Å²) in [5.41, 5.74) is 1.20. The number of ether oxygens (including phenoxy) is 1. The van der Waals surface area contributed by atoms with Crippen LogP contribution in [0.4, 0.5) is 11.4 Å². The first-order valence-corrected chi connectivity index (χ1v) is 12.5. The van der Waals surface area contributed by atoms with Crippen molar-refractivity contribution in [2.45, 2.75) is 6.92 Å². The van der Waals surface area contributed by atoms with Crippen molar-refractivity contribution in [3.63, 3.8) is 0 Å². The van der Waals surface area contributed by atoms with Gasteiger partial charge in [-0.3, -0.25) is 19.2 Å². The first kappa shape index (κ1) is 26.1. The maximum Gasteiger partial charge on any atom is 0.335 e. The molecule has 4 aromatic rings. The second kappa shape index (κ2) is 9.52. The van der Waals surface area contributed by atoms with Gasteiger partial charge in [0.05, 0.1) is 44.8 Å². The lowest BCUT2D eigenvalue weighted by Gasteiger charge is -2.17. The summed E-state index contributed by atoms with van der Waals surface area (Å²) in [5.74, 6) is -4.03. The predicted octanol–water partition coefficient (Wildman–Crippen LogP) is 4.78. The Hall–Kier alpha value is -6.10. The predicted molar refractivity (Wildman–Crippen MR) is 147 cm³/mol. The molecule has 0 aromatic heterocycles. The lowest BCUT2D eigenvalue weighted by atomic mass is 10.1. The van der Waals surface area contributed by atoms with E-state index in [1.807, 2.05) is 0 Å². The largest absolute Gasteiger partial charge is 0.478 e. The van der Waals surface area contributed by atoms with Crippen LogP contribution in [-0.4, -0.2) is 45.8 Å². The van der Waals surface area contributed by atoms with Gasteiger partial charge in [-0.1, -0.05) is 0 Å². The van der Waals surface area contributed by atoms with Crippen LogP contribution in [0.2, 0.25) is 0 Å². The highest BCUT2D eigenvalue weighted by Crippen LogP contribution is 2.35. The summed E-state index contributed by atoms with van der Waals surface area (Å²) in [7, 11) is 0. The Bertz CT molecular complexity index is 1910. The minimum atomic E-state index is -1.21. The van der Waals surface area contributed by atoms with Crippen LogP contribution in [0.1, 0.15) is 67.7 Å². The van der Waals surface area contributed by atoms with E-state index in [0.717, 1.165) is 9.80 Å². The van der Waals surface area contributed by atoms with Crippen LogP contribution in [0.25, 0.3) is 0 Å². The molecule has 6 rings (SSSR count). The Labute approximate surface area is 236 Å². The first-order chi connectivity index (χ1) is 20.0. The SMILES string of the molecule is Cc1cc(N2C(=O)c3ccc(C(=O)O)cc3C2=O)ccc1Oc1ccc(N2C(=O)c3ccc(C(=O)O)cc3C2=O)cc1. The number of benzene rings is 4. The topological polar surface area (TPSA) is 159 Å². The number of nitrogens with zero attached hydrogens (tertiary/aromatic N) is 2. The fraction of sp³-hybridized carbons (Fsp3) is 0.0323. The van der Waals surface area contributed by atoms with E-state index < -0.39 is 35.6 Å². The summed E-state index contributed by atoms with van der Waals surface area (Å²) in [6.07, 6.45) is 0. The van der Waals surface area contributed by atoms with Crippen LogP contribution in [0, 0.1) is 6.92 Å². The summed E-state index contributed by atoms with van der Waals surface area (Å²) in [6.45, 7) is 1.72. The zero-order valence-corrected chi connectivity index (χ0v) is 21.7. The Morgan fingerprint density at radius 2 is 1.02 bits per heavy atom. The number of aryl methyl sites for hydroxylation is 1. The second-order valence-corrected chi connectivity index (χ2v) is 9.57. The number of carboxylic acids is 2. The van der Waals surface area contributed by atoms with Crippen LogP contribution in [0.15, 0.2) is 78.9 Å². The molecule has 0 bridgehead atoms. The number of aromatic carboxylic acids is 2. The minimum Gasteiger partial charge on any atom is -0.478 e. The van der Waals surface area contributed by atoms with Gasteiger partial charge in [-0.15, -0.1) is 0 Å². The smallest absolute Gasteiger partial charge is 0.335 e. The maximum absolute atomic E-state index is 13.0. The lowest BCUT2D eigenvalue weighted by molar-refractivity contribution is 0.0686. The molecule has 2 aliphatic rings. The van der Waals surface area contributed by atoms with Crippen LogP contribution in [0.5, 0.6) is 11.5 Å². The second-order valence-electron chi connectivity index (χ2n) is 9.57. The van der Waals surface area contributed by atoms with Gasteiger partial charge in [-0.25, -0.2) is 19.4 Å². The number of rotatable bonds is 6. The number of imide groups is 2. The molecule has 206 valence electrons. The zero-order valence-electron chi connectivity index (χ0n) is 21.7. The molecule has 0 spiro atoms. The molecule has 11 heteroatoms. The summed E-state index contributed by atoms with van der Waals surface area (Å²) >= 11 is 0. The van der Waals surface area contributed by atoms with Crippen molar-refractivity contribution < 1.29 is 43.7 Å². The summed E-state index contributed by atoms with van der Waals surface area (Å²) in [4.78, 5) is 76.2. The van der Waals surface area contributed by atoms with E-state index in [1.54, 1.807) is 31.2 Å². The van der Waals surface area contributed by atoms with Gasteiger partial charge in [0.25, 0.3) is 23.6 Å². The normalized spacial score (nSPS) is 13.8. The Morgan fingerprint density at radius 3 is 1.50 bits per heavy atom. The molecule has 0 aliphatic carbocycles. The van der Waals surface area contributed by atoms with Crippen molar-refractivity contribution in [1.82, 2.24) is 0 Å². The molecule has 0 radical (unpaired) electrons. The van der Waals surface area contributed by atoms with Gasteiger partial charge in [-0.05, 0) is 91.3 Å². The Balaban J connectivity index is 1.20. The highest BCUT2D eigenvalue weighted by Gasteiger charge is 2.38. The third kappa shape index (κ3) is 4.07. The molecule has 0 fully saturated rings. The average Bonchev–Trinajstić information content (AvgIpc) is 3.37. The summed E-state index contributed by atoms with van der Waals surface area (Å²) < 4.78 is 5.95. The molecule has 42 heavy (non-hydrogen) atoms. The highest BCUT2D eigenvalue weighted by atomic mass is 16.5. The molecule has 2 aliphatic heterocycles. The molecule has 0 saturated carbocycles. The molecule has 0 atom stereocenters. The van der Waals surface area contributed by atoms with Gasteiger partial charge < -0.3 is 14.9 Å². The van der Waals surface area contributed by atoms with Gasteiger partial charge in [0, 0.05) is 0 Å². The lowest BCUT2D eigenvalue weighted by Crippen LogP contribution is -2.29. The molecule has 2 N–H and O–H groups in total. The molecule has 11 nitrogen and oxygen atoms in total. The van der Waals surface area contributed by atoms with E-state index in [9.17, 15) is 39.0 Å². The zero-order chi connectivity index (χ0) is 29.9. The number of amides is 4. The van der Waals surface area contributed by atoms with E-state index in [0.29, 0.717) is 17.1 Å². The van der Waals surface area contributed by atoms with Crippen LogP contribution in [-0.2, 0) is 0 Å². The molecule has 4 amide bonds. The van der Waals surface area contributed by atoms with Gasteiger partial charge in [0.2, 0.25) is 0 Å². The molecule has 0 saturated heterocycles. The van der Waals surface area contributed by atoms with Crippen molar-refractivity contribution in [3.05, 3.63) is 118 Å². The van der Waals surface area contributed by atoms with E-state index in [-0.39, 0.29) is 44.8 Å². The van der Waals surface area contributed by atoms with Gasteiger partial charge in [-0.2, -0.15) is 0 Å². The van der Waals surface area contributed by atoms with E-state index in [4.69, 9.17) is 4.74 Å². The number of hydrogen-bond donors (Lipinski definition) is 2. The van der Waals surface area contributed by atoms with Crippen molar-refractivity contribution in [3.8, 4) is 11.5 Å². The number of hydrogen-bond acceptors (Lipinski definition) is 7. The van der Waals surface area contributed by atoms with Crippen molar-refractivity contribution in [1.29, 1.82) is 0 Å². The standard InChI is InChI=1S/C31H18N2O9/c1-15-12-19(33-27(35)22-10-3-17(31(40)41)14-24(22)29(33)37)6-11-25(15)42-20-7-4-18(5-8-20)32-26(34)21-9-2-16(30(38)39)13-23(21)28(32)36/h2-14H,1H3,(H,38,39)(H,40,41). The third-order valence-electron chi connectivity index (χ3n) is 7.01. The van der Waals surface area contributed by atoms with Gasteiger partial charge >= 0.3 is 11.9 Å². The molecule has 0 unspecified atom stereocenters. The minimum absolute atomic E-state index is 0.0105. The van der Waals surface area contributed by atoms with Crippen molar-refractivity contribution in [2.24, 2.45) is 0 Å². The van der Waals surface area contributed by atoms with Crippen LogP contribution >= 0.6 is 0 Å². The number of carboxylic acid groups (broad SMARTS) is 2. The maximum atomic E-state index is 13.0. The van der Waals surface area contributed by atoms with Crippen LogP contribution in [0.3, 0.4) is 0 Å². The summed E-state index contributed by atoms with van der Waals surface area (Å²) in [5, 5.41) is 18.4. The number of carbonyl (C=O) groups excluding carboxylic acids is 4. The fourth-order valence-corrected chi connectivity index (χ4v) is 4.89. The molecular weight excluding hydrogens is 544 g/mol. The van der Waals surface area contributed by atoms with Gasteiger partial charge in [0.15, 0.2) is 0 Å². The number of anilines is 2. The monoisotopic (exact) mass is 562 g/mol. The van der Waals surface area contributed by atoms with Crippen molar-refractivity contribution in [2.75, 3.05) is 9.80 Å². The van der Waals surface area contributed by atoms with Gasteiger partial charge in [0.1, 0.15) is 11.5 Å². The van der Waals surface area contributed by atoms with Crippen LogP contribution < -0.4 is 14.5 Å². The molecule has 4 aromatic carbocycles. The molecular formula is C31H18N2O9. The number of fused-ring (bicyclic) bond motifs is 2. The number of carbonyl (C=O) groups is 6. The third-order valence-corrected chi connectivity index (χ3v) is 7.01. The van der Waals surface area contributed by atoms with Crippen molar-refractivity contribution >= 4 is 46.9 Å². The van der Waals surface area contributed by atoms with E-state index in [1.165, 1.54) is 54.6 Å². The van der Waals surface area contributed by atoms with E-state index in [2.05, 4.69) is 0 Å². The fourth-order valence-electron chi connectivity index (χ4n) is 4.89. The highest BCUT2D eigenvalue weighted by molar-refractivity contribution is 6.35. The summed E-state index contributed by atoms with van der Waals surface area (Å²) in [6, 6.07) is 18.4. The van der Waals surface area contributed by atoms with E-state index >= 15 is 0 Å². The average molecular weight is 562 g/mol. The molecule has 2 heterocycles. The quantitative estimate of drug-likeness (QED) is 0.315. The Kier molecular flexibility index (Phi) is 5.93. The first-order valence-electron chi connectivity index (χ1n) is 12.5. The Morgan fingerprint density at radius 1 is 0.571 bits per heavy atom.